The largest absolute Gasteiger partial charge is 0.449 e. The van der Waals surface area contributed by atoms with Crippen LogP contribution in [0.25, 0.3) is 0 Å². The molecule has 0 bridgehead atoms. The molecule has 0 spiro atoms. The van der Waals surface area contributed by atoms with Crippen LogP contribution < -0.4 is 5.32 Å². The number of para-hydroxylation sites is 1. The lowest BCUT2D eigenvalue weighted by atomic mass is 9.97. The second kappa shape index (κ2) is 7.96. The first kappa shape index (κ1) is 18.7. The van der Waals surface area contributed by atoms with Gasteiger partial charge in [0.05, 0.1) is 5.69 Å². The fourth-order valence-corrected chi connectivity index (χ4v) is 2.54. The molecule has 0 aliphatic carbocycles. The predicted octanol–water partition coefficient (Wildman–Crippen LogP) is 3.99. The number of carbonyl (C=O) groups excluding carboxylic acids is 2. The van der Waals surface area contributed by atoms with Crippen LogP contribution in [0.5, 0.6) is 0 Å². The third kappa shape index (κ3) is 4.26. The number of carbonyl (C=O) groups is 2. The number of hydrogen-bond donors (Lipinski definition) is 1. The van der Waals surface area contributed by atoms with Crippen molar-refractivity contribution in [1.29, 1.82) is 0 Å². The fourth-order valence-electron chi connectivity index (χ4n) is 2.54. The molecule has 0 fully saturated rings. The van der Waals surface area contributed by atoms with Crippen molar-refractivity contribution in [3.8, 4) is 0 Å². The molecule has 2 atom stereocenters. The van der Waals surface area contributed by atoms with E-state index in [0.717, 1.165) is 17.7 Å². The number of ether oxygens (including phenoxy) is 1. The molecule has 6 nitrogen and oxygen atoms in total. The zero-order chi connectivity index (χ0) is 18.6. The average molecular weight is 344 g/mol. The summed E-state index contributed by atoms with van der Waals surface area (Å²) in [6.45, 7) is 9.02. The zero-order valence-corrected chi connectivity index (χ0v) is 15.3. The zero-order valence-electron chi connectivity index (χ0n) is 15.3. The number of benzene rings is 1. The van der Waals surface area contributed by atoms with Crippen LogP contribution in [0.3, 0.4) is 0 Å². The minimum atomic E-state index is -0.939. The molecular weight excluding hydrogens is 320 g/mol. The van der Waals surface area contributed by atoms with Crippen molar-refractivity contribution < 1.29 is 18.8 Å². The van der Waals surface area contributed by atoms with Crippen molar-refractivity contribution >= 4 is 17.6 Å². The van der Waals surface area contributed by atoms with Gasteiger partial charge in [-0.25, -0.2) is 4.79 Å². The number of esters is 1. The van der Waals surface area contributed by atoms with Crippen LogP contribution >= 0.6 is 0 Å². The van der Waals surface area contributed by atoms with Crippen LogP contribution in [0.1, 0.15) is 60.5 Å². The molecule has 0 unspecified atom stereocenters. The Morgan fingerprint density at radius 1 is 1.24 bits per heavy atom. The van der Waals surface area contributed by atoms with Crippen molar-refractivity contribution in [2.24, 2.45) is 0 Å². The molecular formula is C19H24N2O4. The quantitative estimate of drug-likeness (QED) is 0.801. The molecule has 1 aromatic carbocycles. The predicted molar refractivity (Wildman–Crippen MR) is 94.6 cm³/mol. The molecule has 25 heavy (non-hydrogen) atoms. The van der Waals surface area contributed by atoms with E-state index >= 15 is 0 Å². The molecule has 0 aliphatic heterocycles. The van der Waals surface area contributed by atoms with E-state index in [1.54, 1.807) is 13.8 Å². The second-order valence-corrected chi connectivity index (χ2v) is 6.13. The van der Waals surface area contributed by atoms with Crippen molar-refractivity contribution in [2.75, 3.05) is 5.32 Å². The van der Waals surface area contributed by atoms with Crippen LogP contribution in [-0.2, 0) is 9.53 Å². The molecule has 1 N–H and O–H groups in total. The van der Waals surface area contributed by atoms with Crippen molar-refractivity contribution in [3.63, 3.8) is 0 Å². The summed E-state index contributed by atoms with van der Waals surface area (Å²) in [7, 11) is 0. The van der Waals surface area contributed by atoms with Gasteiger partial charge in [0.25, 0.3) is 5.91 Å². The molecule has 0 saturated heterocycles. The molecule has 0 radical (unpaired) electrons. The van der Waals surface area contributed by atoms with Gasteiger partial charge in [0.1, 0.15) is 11.3 Å². The fraction of sp³-hybridized carbons (Fsp3) is 0.421. The van der Waals surface area contributed by atoms with E-state index in [1.807, 2.05) is 24.3 Å². The van der Waals surface area contributed by atoms with E-state index in [2.05, 4.69) is 24.3 Å². The highest BCUT2D eigenvalue weighted by Gasteiger charge is 2.24. The van der Waals surface area contributed by atoms with Crippen LogP contribution in [0.4, 0.5) is 5.69 Å². The van der Waals surface area contributed by atoms with Gasteiger partial charge in [-0.15, -0.1) is 0 Å². The Labute approximate surface area is 147 Å². The average Bonchev–Trinajstić information content (AvgIpc) is 2.93. The Bertz CT molecular complexity index is 747. The summed E-state index contributed by atoms with van der Waals surface area (Å²) < 4.78 is 10.2. The molecule has 0 saturated carbocycles. The van der Waals surface area contributed by atoms with Crippen LogP contribution in [-0.4, -0.2) is 23.1 Å². The van der Waals surface area contributed by atoms with Crippen molar-refractivity contribution in [1.82, 2.24) is 5.16 Å². The number of nitrogens with one attached hydrogen (secondary N) is 1. The van der Waals surface area contributed by atoms with Crippen molar-refractivity contribution in [2.45, 2.75) is 53.1 Å². The number of aryl methyl sites for hydroxylation is 2. The topological polar surface area (TPSA) is 81.4 Å². The van der Waals surface area contributed by atoms with E-state index in [4.69, 9.17) is 9.26 Å². The lowest BCUT2D eigenvalue weighted by Gasteiger charge is -2.18. The summed E-state index contributed by atoms with van der Waals surface area (Å²) in [6, 6.07) is 7.65. The van der Waals surface area contributed by atoms with Crippen LogP contribution in [0, 0.1) is 13.8 Å². The van der Waals surface area contributed by atoms with E-state index < -0.39 is 12.1 Å². The molecule has 2 aromatic rings. The maximum absolute atomic E-state index is 12.4. The molecule has 1 amide bonds. The summed E-state index contributed by atoms with van der Waals surface area (Å²) in [5.74, 6) is -0.307. The Morgan fingerprint density at radius 3 is 2.52 bits per heavy atom. The summed E-state index contributed by atoms with van der Waals surface area (Å²) in [6.07, 6.45) is 0.0231. The highest BCUT2D eigenvalue weighted by atomic mass is 16.5. The number of anilines is 1. The number of nitrogens with zero attached hydrogens (tertiary/aromatic N) is 1. The second-order valence-electron chi connectivity index (χ2n) is 6.13. The van der Waals surface area contributed by atoms with Crippen LogP contribution in [0.2, 0.25) is 0 Å². The Morgan fingerprint density at radius 2 is 1.92 bits per heavy atom. The first-order valence-electron chi connectivity index (χ1n) is 8.38. The smallest absolute Gasteiger partial charge is 0.344 e. The van der Waals surface area contributed by atoms with E-state index in [0.29, 0.717) is 17.4 Å². The highest BCUT2D eigenvalue weighted by Crippen LogP contribution is 2.26. The van der Waals surface area contributed by atoms with Crippen molar-refractivity contribution in [3.05, 3.63) is 46.8 Å². The summed E-state index contributed by atoms with van der Waals surface area (Å²) >= 11 is 0. The lowest BCUT2D eigenvalue weighted by molar-refractivity contribution is -0.123. The standard InChI is InChI=1S/C19H24N2O4/c1-6-11(2)15-9-7-8-10-16(15)20-18(22)14(5)24-19(23)17-12(3)21-25-13(17)4/h7-11,14H,6H2,1-5H3,(H,20,22)/t11-,14+/m0/s1. The molecule has 2 rings (SSSR count). The minimum Gasteiger partial charge on any atom is -0.449 e. The van der Waals surface area contributed by atoms with Gasteiger partial charge in [0, 0.05) is 5.69 Å². The molecule has 1 heterocycles. The Balaban J connectivity index is 2.08. The summed E-state index contributed by atoms with van der Waals surface area (Å²) in [5, 5.41) is 6.57. The first-order valence-corrected chi connectivity index (χ1v) is 8.38. The summed E-state index contributed by atoms with van der Waals surface area (Å²) in [4.78, 5) is 24.7. The van der Waals surface area contributed by atoms with Gasteiger partial charge < -0.3 is 14.6 Å². The molecule has 0 aliphatic rings. The monoisotopic (exact) mass is 344 g/mol. The minimum absolute atomic E-state index is 0.264. The molecule has 1 aromatic heterocycles. The maximum atomic E-state index is 12.4. The highest BCUT2D eigenvalue weighted by molar-refractivity contribution is 5.98. The van der Waals surface area contributed by atoms with Gasteiger partial charge in [0.2, 0.25) is 0 Å². The number of rotatable bonds is 6. The first-order chi connectivity index (χ1) is 11.8. The maximum Gasteiger partial charge on any atom is 0.344 e. The van der Waals surface area contributed by atoms with E-state index in [9.17, 15) is 9.59 Å². The normalized spacial score (nSPS) is 13.2. The third-order valence-electron chi connectivity index (χ3n) is 4.25. The number of aromatic nitrogens is 1. The Hall–Kier alpha value is -2.63. The molecule has 134 valence electrons. The number of hydrogen-bond acceptors (Lipinski definition) is 5. The van der Waals surface area contributed by atoms with Crippen LogP contribution in [0.15, 0.2) is 28.8 Å². The van der Waals surface area contributed by atoms with Gasteiger partial charge in [-0.2, -0.15) is 0 Å². The molecule has 6 heteroatoms. The van der Waals surface area contributed by atoms with Gasteiger partial charge in [-0.3, -0.25) is 4.79 Å². The number of amides is 1. The summed E-state index contributed by atoms with van der Waals surface area (Å²) in [5.41, 5.74) is 2.50. The van der Waals surface area contributed by atoms with Gasteiger partial charge in [-0.1, -0.05) is 37.2 Å². The van der Waals surface area contributed by atoms with Gasteiger partial charge in [-0.05, 0) is 44.7 Å². The Kier molecular flexibility index (Phi) is 5.96. The van der Waals surface area contributed by atoms with Gasteiger partial charge >= 0.3 is 5.97 Å². The van der Waals surface area contributed by atoms with E-state index in [-0.39, 0.29) is 11.5 Å². The van der Waals surface area contributed by atoms with E-state index in [1.165, 1.54) is 6.92 Å². The lowest BCUT2D eigenvalue weighted by Crippen LogP contribution is -2.30. The SMILES string of the molecule is CC[C@H](C)c1ccccc1NC(=O)[C@@H](C)OC(=O)c1c(C)noc1C. The third-order valence-corrected chi connectivity index (χ3v) is 4.25. The van der Waals surface area contributed by atoms with Gasteiger partial charge in [0.15, 0.2) is 6.10 Å².